The minimum Gasteiger partial charge on any atom is -0.468 e. The molecule has 0 aliphatic heterocycles. The molecule has 0 aliphatic carbocycles. The lowest BCUT2D eigenvalue weighted by Crippen LogP contribution is -2.32. The van der Waals surface area contributed by atoms with Crippen molar-refractivity contribution in [1.82, 2.24) is 0 Å². The standard InChI is InChI=1S/C12H18N2O4S/c1-3-8-14(9-12(15)18-2)10-6-4-5-7-11(10)19(13,16)17/h4-7H,3,8-9H2,1-2H3,(H2,13,16,17). The van der Waals surface area contributed by atoms with E-state index in [1.165, 1.54) is 13.2 Å². The van der Waals surface area contributed by atoms with E-state index in [1.54, 1.807) is 23.1 Å². The van der Waals surface area contributed by atoms with Gasteiger partial charge in [-0.15, -0.1) is 0 Å². The Bertz CT molecular complexity index is 542. The van der Waals surface area contributed by atoms with Gasteiger partial charge in [-0.25, -0.2) is 13.6 Å². The third-order valence-electron chi connectivity index (χ3n) is 2.55. The van der Waals surface area contributed by atoms with Gasteiger partial charge in [0.1, 0.15) is 11.4 Å². The minimum absolute atomic E-state index is 0.00681. The average Bonchev–Trinajstić information content (AvgIpc) is 2.37. The van der Waals surface area contributed by atoms with Crippen LogP contribution < -0.4 is 10.0 Å². The van der Waals surface area contributed by atoms with E-state index >= 15 is 0 Å². The monoisotopic (exact) mass is 286 g/mol. The first-order chi connectivity index (χ1) is 8.90. The predicted molar refractivity (Wildman–Crippen MR) is 72.3 cm³/mol. The van der Waals surface area contributed by atoms with Crippen molar-refractivity contribution in [3.8, 4) is 0 Å². The van der Waals surface area contributed by atoms with Gasteiger partial charge >= 0.3 is 5.97 Å². The molecule has 1 aromatic carbocycles. The number of hydrogen-bond donors (Lipinski definition) is 1. The summed E-state index contributed by atoms with van der Waals surface area (Å²) in [6.07, 6.45) is 0.760. The summed E-state index contributed by atoms with van der Waals surface area (Å²) >= 11 is 0. The van der Waals surface area contributed by atoms with Crippen molar-refractivity contribution in [2.45, 2.75) is 18.2 Å². The highest BCUT2D eigenvalue weighted by Crippen LogP contribution is 2.24. The van der Waals surface area contributed by atoms with Crippen LogP contribution in [0.25, 0.3) is 0 Å². The largest absolute Gasteiger partial charge is 0.468 e. The van der Waals surface area contributed by atoms with Crippen molar-refractivity contribution in [2.24, 2.45) is 5.14 Å². The molecule has 0 atom stereocenters. The summed E-state index contributed by atoms with van der Waals surface area (Å²) in [6, 6.07) is 6.33. The van der Waals surface area contributed by atoms with Crippen LogP contribution in [0.15, 0.2) is 29.2 Å². The molecule has 0 aromatic heterocycles. The molecule has 0 heterocycles. The van der Waals surface area contributed by atoms with Crippen LogP contribution in [0.4, 0.5) is 5.69 Å². The Labute approximate surface area is 113 Å². The van der Waals surface area contributed by atoms with Gasteiger partial charge in [-0.1, -0.05) is 19.1 Å². The summed E-state index contributed by atoms with van der Waals surface area (Å²) in [6.45, 7) is 2.45. The lowest BCUT2D eigenvalue weighted by Gasteiger charge is -2.24. The van der Waals surface area contributed by atoms with Crippen molar-refractivity contribution in [1.29, 1.82) is 0 Å². The van der Waals surface area contributed by atoms with Crippen molar-refractivity contribution in [3.05, 3.63) is 24.3 Å². The summed E-state index contributed by atoms with van der Waals surface area (Å²) in [7, 11) is -2.54. The number of nitrogens with zero attached hydrogens (tertiary/aromatic N) is 1. The van der Waals surface area contributed by atoms with E-state index in [0.717, 1.165) is 6.42 Å². The van der Waals surface area contributed by atoms with E-state index in [0.29, 0.717) is 12.2 Å². The Kier molecular flexibility index (Phi) is 5.31. The Morgan fingerprint density at radius 1 is 1.37 bits per heavy atom. The Morgan fingerprint density at radius 2 is 2.00 bits per heavy atom. The number of primary sulfonamides is 1. The van der Waals surface area contributed by atoms with E-state index in [2.05, 4.69) is 4.74 Å². The smallest absolute Gasteiger partial charge is 0.325 e. The van der Waals surface area contributed by atoms with Crippen molar-refractivity contribution < 1.29 is 17.9 Å². The second-order valence-corrected chi connectivity index (χ2v) is 5.54. The van der Waals surface area contributed by atoms with Crippen LogP contribution in [-0.2, 0) is 19.6 Å². The maximum atomic E-state index is 11.6. The molecular weight excluding hydrogens is 268 g/mol. The first-order valence-corrected chi connectivity index (χ1v) is 7.38. The van der Waals surface area contributed by atoms with Crippen molar-refractivity contribution in [2.75, 3.05) is 25.1 Å². The lowest BCUT2D eigenvalue weighted by atomic mass is 10.2. The molecule has 0 aliphatic rings. The fourth-order valence-corrected chi connectivity index (χ4v) is 2.49. The molecule has 1 rings (SSSR count). The quantitative estimate of drug-likeness (QED) is 0.778. The van der Waals surface area contributed by atoms with Gasteiger partial charge in [0.25, 0.3) is 0 Å². The number of sulfonamides is 1. The zero-order valence-electron chi connectivity index (χ0n) is 11.0. The van der Waals surface area contributed by atoms with E-state index in [1.807, 2.05) is 6.92 Å². The summed E-state index contributed by atoms with van der Waals surface area (Å²) in [4.78, 5) is 13.0. The number of rotatable bonds is 6. The van der Waals surface area contributed by atoms with Crippen LogP contribution in [0.5, 0.6) is 0 Å². The van der Waals surface area contributed by atoms with E-state index in [4.69, 9.17) is 5.14 Å². The van der Waals surface area contributed by atoms with E-state index < -0.39 is 16.0 Å². The van der Waals surface area contributed by atoms with Crippen molar-refractivity contribution >= 4 is 21.7 Å². The van der Waals surface area contributed by atoms with Crippen LogP contribution in [-0.4, -0.2) is 34.6 Å². The number of ether oxygens (including phenoxy) is 1. The highest BCUT2D eigenvalue weighted by atomic mass is 32.2. The molecule has 0 unspecified atom stereocenters. The number of carbonyl (C=O) groups is 1. The van der Waals surface area contributed by atoms with Gasteiger partial charge in [-0.2, -0.15) is 0 Å². The van der Waals surface area contributed by atoms with Crippen LogP contribution in [0.3, 0.4) is 0 Å². The molecule has 0 saturated heterocycles. The van der Waals surface area contributed by atoms with Gasteiger partial charge in [0.2, 0.25) is 10.0 Å². The molecular formula is C12H18N2O4S. The number of carbonyl (C=O) groups excluding carboxylic acids is 1. The number of nitrogens with two attached hydrogens (primary N) is 1. The van der Waals surface area contributed by atoms with Gasteiger partial charge in [0.15, 0.2) is 0 Å². The number of anilines is 1. The molecule has 0 fully saturated rings. The third kappa shape index (κ3) is 4.22. The number of benzene rings is 1. The van der Waals surface area contributed by atoms with Crippen LogP contribution >= 0.6 is 0 Å². The minimum atomic E-state index is -3.83. The van der Waals surface area contributed by atoms with Crippen molar-refractivity contribution in [3.63, 3.8) is 0 Å². The average molecular weight is 286 g/mol. The highest BCUT2D eigenvalue weighted by molar-refractivity contribution is 7.89. The van der Waals surface area contributed by atoms with Crippen LogP contribution in [0.1, 0.15) is 13.3 Å². The zero-order chi connectivity index (χ0) is 14.5. The first kappa shape index (κ1) is 15.5. The van der Waals surface area contributed by atoms with E-state index in [-0.39, 0.29) is 11.4 Å². The van der Waals surface area contributed by atoms with Gasteiger partial charge in [0, 0.05) is 6.54 Å². The lowest BCUT2D eigenvalue weighted by molar-refractivity contribution is -0.138. The molecule has 0 saturated carbocycles. The Balaban J connectivity index is 3.19. The van der Waals surface area contributed by atoms with Gasteiger partial charge in [-0.3, -0.25) is 4.79 Å². The zero-order valence-corrected chi connectivity index (χ0v) is 11.8. The molecule has 0 amide bonds. The van der Waals surface area contributed by atoms with Crippen LogP contribution in [0, 0.1) is 0 Å². The van der Waals surface area contributed by atoms with Gasteiger partial charge in [-0.05, 0) is 18.6 Å². The maximum absolute atomic E-state index is 11.6. The van der Waals surface area contributed by atoms with E-state index in [9.17, 15) is 13.2 Å². The first-order valence-electron chi connectivity index (χ1n) is 5.83. The second kappa shape index (κ2) is 6.53. The molecule has 106 valence electrons. The SMILES string of the molecule is CCCN(CC(=O)OC)c1ccccc1S(N)(=O)=O. The normalized spacial score (nSPS) is 11.1. The third-order valence-corrected chi connectivity index (χ3v) is 3.51. The molecule has 2 N–H and O–H groups in total. The molecule has 1 aromatic rings. The number of methoxy groups -OCH3 is 1. The van der Waals surface area contributed by atoms with Crippen LogP contribution in [0.2, 0.25) is 0 Å². The molecule has 0 bridgehead atoms. The fraction of sp³-hybridized carbons (Fsp3) is 0.417. The molecule has 0 spiro atoms. The maximum Gasteiger partial charge on any atom is 0.325 e. The second-order valence-electron chi connectivity index (χ2n) is 4.01. The molecule has 6 nitrogen and oxygen atoms in total. The number of esters is 1. The highest BCUT2D eigenvalue weighted by Gasteiger charge is 2.19. The molecule has 19 heavy (non-hydrogen) atoms. The Hall–Kier alpha value is -1.60. The summed E-state index contributed by atoms with van der Waals surface area (Å²) in [5, 5.41) is 5.18. The topological polar surface area (TPSA) is 89.7 Å². The summed E-state index contributed by atoms with van der Waals surface area (Å²) < 4.78 is 27.7. The molecule has 0 radical (unpaired) electrons. The predicted octanol–water partition coefficient (Wildman–Crippen LogP) is 0.723. The van der Waals surface area contributed by atoms with Gasteiger partial charge in [0.05, 0.1) is 12.8 Å². The molecule has 7 heteroatoms. The summed E-state index contributed by atoms with van der Waals surface area (Å²) in [5.74, 6) is -0.433. The fourth-order valence-electron chi connectivity index (χ4n) is 1.73. The number of para-hydroxylation sites is 1. The summed E-state index contributed by atoms with van der Waals surface area (Å²) in [5.41, 5.74) is 0.414. The van der Waals surface area contributed by atoms with Gasteiger partial charge < -0.3 is 9.64 Å². The Morgan fingerprint density at radius 3 is 2.53 bits per heavy atom. The number of hydrogen-bond acceptors (Lipinski definition) is 5.